The van der Waals surface area contributed by atoms with Gasteiger partial charge in [0.2, 0.25) is 0 Å². The molecule has 2 heterocycles. The molecule has 0 amide bonds. The molecule has 19 heavy (non-hydrogen) atoms. The molecule has 1 unspecified atom stereocenters. The van der Waals surface area contributed by atoms with E-state index in [4.69, 9.17) is 0 Å². The van der Waals surface area contributed by atoms with Gasteiger partial charge in [-0.1, -0.05) is 6.92 Å². The second-order valence-electron chi connectivity index (χ2n) is 5.28. The predicted molar refractivity (Wildman–Crippen MR) is 70.1 cm³/mol. The Morgan fingerprint density at radius 2 is 2.11 bits per heavy atom. The Hall–Kier alpha value is -1.49. The number of hydrogen-bond donors (Lipinski definition) is 2. The van der Waals surface area contributed by atoms with E-state index in [1.807, 2.05) is 0 Å². The van der Waals surface area contributed by atoms with E-state index in [9.17, 15) is 8.78 Å². The van der Waals surface area contributed by atoms with Crippen LogP contribution < -0.4 is 5.32 Å². The first-order valence-corrected chi connectivity index (χ1v) is 6.70. The summed E-state index contributed by atoms with van der Waals surface area (Å²) in [5.41, 5.74) is 1.00. The summed E-state index contributed by atoms with van der Waals surface area (Å²) in [7, 11) is 0. The van der Waals surface area contributed by atoms with E-state index in [0.29, 0.717) is 11.0 Å². The highest BCUT2D eigenvalue weighted by Gasteiger charge is 2.35. The SMILES string of the molecule is CCC1(c2nc3cc(F)c(F)cc3[nH]2)CCCNC1. The fourth-order valence-corrected chi connectivity index (χ4v) is 2.90. The van der Waals surface area contributed by atoms with E-state index in [2.05, 4.69) is 22.2 Å². The van der Waals surface area contributed by atoms with E-state index in [1.54, 1.807) is 0 Å². The maximum Gasteiger partial charge on any atom is 0.161 e. The second kappa shape index (κ2) is 4.56. The summed E-state index contributed by atoms with van der Waals surface area (Å²) in [4.78, 5) is 7.65. The summed E-state index contributed by atoms with van der Waals surface area (Å²) >= 11 is 0. The Kier molecular flexibility index (Phi) is 3.01. The van der Waals surface area contributed by atoms with Crippen LogP contribution in [0.4, 0.5) is 8.78 Å². The molecule has 0 aliphatic carbocycles. The van der Waals surface area contributed by atoms with Crippen molar-refractivity contribution in [3.8, 4) is 0 Å². The third-order valence-corrected chi connectivity index (χ3v) is 4.18. The fraction of sp³-hybridized carbons (Fsp3) is 0.500. The Morgan fingerprint density at radius 3 is 2.79 bits per heavy atom. The van der Waals surface area contributed by atoms with Crippen LogP contribution in [0.5, 0.6) is 0 Å². The van der Waals surface area contributed by atoms with Gasteiger partial charge in [-0.25, -0.2) is 13.8 Å². The van der Waals surface area contributed by atoms with E-state index in [0.717, 1.165) is 44.2 Å². The molecule has 1 aliphatic heterocycles. The Bertz CT molecular complexity index is 561. The molecule has 5 heteroatoms. The molecule has 0 saturated carbocycles. The molecule has 2 aromatic rings. The average Bonchev–Trinajstić information content (AvgIpc) is 2.83. The molecule has 0 bridgehead atoms. The monoisotopic (exact) mass is 265 g/mol. The van der Waals surface area contributed by atoms with Crippen molar-refractivity contribution in [2.75, 3.05) is 13.1 Å². The normalized spacial score (nSPS) is 23.9. The number of aromatic nitrogens is 2. The van der Waals surface area contributed by atoms with Gasteiger partial charge in [0, 0.05) is 24.1 Å². The zero-order valence-corrected chi connectivity index (χ0v) is 10.9. The number of piperidine rings is 1. The van der Waals surface area contributed by atoms with Gasteiger partial charge in [0.25, 0.3) is 0 Å². The number of imidazole rings is 1. The molecule has 3 nitrogen and oxygen atoms in total. The Labute approximate surface area is 110 Å². The third kappa shape index (κ3) is 2.02. The smallest absolute Gasteiger partial charge is 0.161 e. The van der Waals surface area contributed by atoms with Gasteiger partial charge in [0.1, 0.15) is 5.82 Å². The lowest BCUT2D eigenvalue weighted by Gasteiger charge is -2.35. The molecule has 1 aliphatic rings. The molecule has 3 rings (SSSR count). The van der Waals surface area contributed by atoms with Crippen molar-refractivity contribution in [3.63, 3.8) is 0 Å². The highest BCUT2D eigenvalue weighted by molar-refractivity contribution is 5.75. The standard InChI is InChI=1S/C14H17F2N3/c1-2-14(4-3-5-17-8-14)13-18-11-6-9(15)10(16)7-12(11)19-13/h6-7,17H,2-5,8H2,1H3,(H,18,19). The highest BCUT2D eigenvalue weighted by atomic mass is 19.2. The van der Waals surface area contributed by atoms with Crippen LogP contribution in [0.1, 0.15) is 32.0 Å². The molecular formula is C14H17F2N3. The lowest BCUT2D eigenvalue weighted by Crippen LogP contribution is -2.43. The van der Waals surface area contributed by atoms with Gasteiger partial charge in [0.05, 0.1) is 11.0 Å². The molecule has 2 N–H and O–H groups in total. The first kappa shape index (κ1) is 12.5. The fourth-order valence-electron chi connectivity index (χ4n) is 2.90. The molecule has 0 spiro atoms. The van der Waals surface area contributed by atoms with Crippen molar-refractivity contribution in [2.24, 2.45) is 0 Å². The number of aromatic amines is 1. The lowest BCUT2D eigenvalue weighted by atomic mass is 9.77. The minimum atomic E-state index is -0.849. The van der Waals surface area contributed by atoms with E-state index in [1.165, 1.54) is 6.07 Å². The van der Waals surface area contributed by atoms with Crippen LogP contribution in [0, 0.1) is 11.6 Å². The van der Waals surface area contributed by atoms with Crippen LogP contribution in [-0.2, 0) is 5.41 Å². The Morgan fingerprint density at radius 1 is 1.32 bits per heavy atom. The number of nitrogens with one attached hydrogen (secondary N) is 2. The largest absolute Gasteiger partial charge is 0.341 e. The van der Waals surface area contributed by atoms with Gasteiger partial charge in [-0.3, -0.25) is 0 Å². The molecule has 1 saturated heterocycles. The third-order valence-electron chi connectivity index (χ3n) is 4.18. The zero-order chi connectivity index (χ0) is 13.5. The number of fused-ring (bicyclic) bond motifs is 1. The van der Waals surface area contributed by atoms with Crippen LogP contribution in [-0.4, -0.2) is 23.1 Å². The summed E-state index contributed by atoms with van der Waals surface area (Å²) in [5.74, 6) is -0.852. The second-order valence-corrected chi connectivity index (χ2v) is 5.28. The molecule has 1 aromatic heterocycles. The maximum absolute atomic E-state index is 13.2. The minimum Gasteiger partial charge on any atom is -0.341 e. The zero-order valence-electron chi connectivity index (χ0n) is 10.9. The predicted octanol–water partition coefficient (Wildman–Crippen LogP) is 2.87. The average molecular weight is 265 g/mol. The first-order valence-electron chi connectivity index (χ1n) is 6.70. The minimum absolute atomic E-state index is 0.0514. The van der Waals surface area contributed by atoms with Crippen molar-refractivity contribution >= 4 is 11.0 Å². The van der Waals surface area contributed by atoms with Gasteiger partial charge in [-0.2, -0.15) is 0 Å². The number of benzene rings is 1. The molecule has 1 aromatic carbocycles. The summed E-state index contributed by atoms with van der Waals surface area (Å²) in [6, 6.07) is 2.34. The van der Waals surface area contributed by atoms with E-state index >= 15 is 0 Å². The number of nitrogens with zero attached hydrogens (tertiary/aromatic N) is 1. The van der Waals surface area contributed by atoms with Crippen molar-refractivity contribution in [1.82, 2.24) is 15.3 Å². The molecule has 0 radical (unpaired) electrons. The summed E-state index contributed by atoms with van der Waals surface area (Å²) in [5, 5.41) is 3.38. The van der Waals surface area contributed by atoms with Crippen LogP contribution in [0.15, 0.2) is 12.1 Å². The number of hydrogen-bond acceptors (Lipinski definition) is 2. The van der Waals surface area contributed by atoms with Crippen molar-refractivity contribution < 1.29 is 8.78 Å². The Balaban J connectivity index is 2.09. The van der Waals surface area contributed by atoms with Crippen LogP contribution in [0.2, 0.25) is 0 Å². The van der Waals surface area contributed by atoms with Crippen LogP contribution in [0.25, 0.3) is 11.0 Å². The summed E-state index contributed by atoms with van der Waals surface area (Å²) < 4.78 is 26.5. The molecule has 102 valence electrons. The topological polar surface area (TPSA) is 40.7 Å². The number of rotatable bonds is 2. The van der Waals surface area contributed by atoms with Gasteiger partial charge >= 0.3 is 0 Å². The molecule has 1 fully saturated rings. The van der Waals surface area contributed by atoms with Gasteiger partial charge in [-0.05, 0) is 25.8 Å². The van der Waals surface area contributed by atoms with Gasteiger partial charge < -0.3 is 10.3 Å². The van der Waals surface area contributed by atoms with Crippen LogP contribution >= 0.6 is 0 Å². The first-order chi connectivity index (χ1) is 9.14. The molecular weight excluding hydrogens is 248 g/mol. The summed E-state index contributed by atoms with van der Waals surface area (Å²) in [6.07, 6.45) is 3.08. The summed E-state index contributed by atoms with van der Waals surface area (Å²) in [6.45, 7) is 4.00. The number of H-pyrrole nitrogens is 1. The van der Waals surface area contributed by atoms with Gasteiger partial charge in [0.15, 0.2) is 11.6 Å². The van der Waals surface area contributed by atoms with Crippen molar-refractivity contribution in [2.45, 2.75) is 31.6 Å². The van der Waals surface area contributed by atoms with Crippen molar-refractivity contribution in [1.29, 1.82) is 0 Å². The lowest BCUT2D eigenvalue weighted by molar-refractivity contribution is 0.290. The van der Waals surface area contributed by atoms with E-state index < -0.39 is 11.6 Å². The van der Waals surface area contributed by atoms with Crippen molar-refractivity contribution in [3.05, 3.63) is 29.6 Å². The number of halogens is 2. The van der Waals surface area contributed by atoms with Crippen LogP contribution in [0.3, 0.4) is 0 Å². The van der Waals surface area contributed by atoms with Gasteiger partial charge in [-0.15, -0.1) is 0 Å². The molecule has 1 atom stereocenters. The highest BCUT2D eigenvalue weighted by Crippen LogP contribution is 2.34. The quantitative estimate of drug-likeness (QED) is 0.876. The van der Waals surface area contributed by atoms with E-state index in [-0.39, 0.29) is 5.41 Å². The maximum atomic E-state index is 13.2.